The molecule has 6 heteroatoms. The van der Waals surface area contributed by atoms with E-state index in [1.54, 1.807) is 0 Å². The minimum absolute atomic E-state index is 0.0908. The largest absolute Gasteiger partial charge is 0.490 e. The van der Waals surface area contributed by atoms with Gasteiger partial charge < -0.3 is 9.47 Å². The van der Waals surface area contributed by atoms with Crippen molar-refractivity contribution in [2.24, 2.45) is 0 Å². The lowest BCUT2D eigenvalue weighted by molar-refractivity contribution is -0.385. The fourth-order valence-electron chi connectivity index (χ4n) is 3.37. The zero-order chi connectivity index (χ0) is 19.0. The van der Waals surface area contributed by atoms with Gasteiger partial charge >= 0.3 is 11.7 Å². The first-order valence-electron chi connectivity index (χ1n) is 8.32. The van der Waals surface area contributed by atoms with E-state index in [1.165, 1.54) is 25.3 Å². The summed E-state index contributed by atoms with van der Waals surface area (Å²) in [5, 5.41) is 11.2. The summed E-state index contributed by atoms with van der Waals surface area (Å²) in [7, 11) is 1.34. The van der Waals surface area contributed by atoms with Crippen molar-refractivity contribution in [1.82, 2.24) is 0 Å². The molecule has 0 bridgehead atoms. The minimum atomic E-state index is -0.628. The molecule has 134 valence electrons. The molecule has 0 unspecified atom stereocenters. The highest BCUT2D eigenvalue weighted by molar-refractivity contribution is 5.92. The molecule has 6 nitrogen and oxygen atoms in total. The lowest BCUT2D eigenvalue weighted by Gasteiger charge is -2.15. The van der Waals surface area contributed by atoms with Crippen LogP contribution in [0.3, 0.4) is 0 Å². The molecule has 1 aliphatic carbocycles. The number of carbonyl (C=O) groups excluding carboxylic acids is 1. The Bertz CT molecular complexity index is 1010. The fraction of sp³-hybridized carbons (Fsp3) is 0.0952. The quantitative estimate of drug-likeness (QED) is 0.387. The van der Waals surface area contributed by atoms with Crippen LogP contribution in [0.1, 0.15) is 27.6 Å². The Morgan fingerprint density at radius 3 is 2.11 bits per heavy atom. The first-order chi connectivity index (χ1) is 13.1. The van der Waals surface area contributed by atoms with Gasteiger partial charge in [-0.3, -0.25) is 10.1 Å². The Morgan fingerprint density at radius 2 is 1.56 bits per heavy atom. The highest BCUT2D eigenvalue weighted by Gasteiger charge is 2.31. The van der Waals surface area contributed by atoms with Gasteiger partial charge in [-0.25, -0.2) is 4.79 Å². The number of nitro benzene ring substituents is 1. The zero-order valence-electron chi connectivity index (χ0n) is 14.4. The maximum absolute atomic E-state index is 12.7. The molecule has 27 heavy (non-hydrogen) atoms. The van der Waals surface area contributed by atoms with E-state index in [-0.39, 0.29) is 17.0 Å². The number of hydrogen-bond donors (Lipinski definition) is 0. The molecule has 0 amide bonds. The van der Waals surface area contributed by atoms with Gasteiger partial charge in [0.2, 0.25) is 0 Å². The molecule has 0 fully saturated rings. The second-order valence-electron chi connectivity index (χ2n) is 6.10. The molecule has 0 heterocycles. The molecule has 3 aromatic rings. The fourth-order valence-corrected chi connectivity index (χ4v) is 3.37. The van der Waals surface area contributed by atoms with Crippen LogP contribution >= 0.6 is 0 Å². The average molecular weight is 361 g/mol. The van der Waals surface area contributed by atoms with Crippen molar-refractivity contribution < 1.29 is 19.2 Å². The number of carbonyl (C=O) groups is 1. The highest BCUT2D eigenvalue weighted by atomic mass is 16.6. The summed E-state index contributed by atoms with van der Waals surface area (Å²) >= 11 is 0. The van der Waals surface area contributed by atoms with Crippen LogP contribution in [0.4, 0.5) is 5.69 Å². The van der Waals surface area contributed by atoms with Gasteiger partial charge in [-0.05, 0) is 23.3 Å². The Hall–Kier alpha value is -3.67. The van der Waals surface area contributed by atoms with Crippen LogP contribution < -0.4 is 4.74 Å². The second kappa shape index (κ2) is 6.57. The van der Waals surface area contributed by atoms with Crippen LogP contribution in [-0.4, -0.2) is 18.0 Å². The number of ether oxygens (including phenoxy) is 2. The van der Waals surface area contributed by atoms with Gasteiger partial charge in [-0.2, -0.15) is 0 Å². The first kappa shape index (κ1) is 16.8. The monoisotopic (exact) mass is 361 g/mol. The standard InChI is InChI=1S/C21H15NO5/c1-26-19-11-10-13(12-18(19)22(24)25)21(23)27-20-16-8-4-2-6-14(16)15-7-3-5-9-17(15)20/h2-12,20H,1H3. The second-order valence-corrected chi connectivity index (χ2v) is 6.10. The van der Waals surface area contributed by atoms with Crippen molar-refractivity contribution in [3.63, 3.8) is 0 Å². The number of rotatable bonds is 4. The molecule has 0 spiro atoms. The summed E-state index contributed by atoms with van der Waals surface area (Å²) in [4.78, 5) is 23.3. The summed E-state index contributed by atoms with van der Waals surface area (Å²) in [6.45, 7) is 0. The number of methoxy groups -OCH3 is 1. The maximum Gasteiger partial charge on any atom is 0.339 e. The van der Waals surface area contributed by atoms with Crippen LogP contribution in [0.25, 0.3) is 11.1 Å². The molecule has 0 aliphatic heterocycles. The Balaban J connectivity index is 1.70. The van der Waals surface area contributed by atoms with Crippen LogP contribution in [-0.2, 0) is 4.74 Å². The lowest BCUT2D eigenvalue weighted by Crippen LogP contribution is -2.11. The van der Waals surface area contributed by atoms with Crippen molar-refractivity contribution in [2.75, 3.05) is 7.11 Å². The van der Waals surface area contributed by atoms with Crippen LogP contribution in [0, 0.1) is 10.1 Å². The molecule has 1 aliphatic rings. The molecule has 0 aromatic heterocycles. The highest BCUT2D eigenvalue weighted by Crippen LogP contribution is 2.45. The van der Waals surface area contributed by atoms with Crippen molar-refractivity contribution in [2.45, 2.75) is 6.10 Å². The van der Waals surface area contributed by atoms with E-state index in [2.05, 4.69) is 0 Å². The third-order valence-corrected chi connectivity index (χ3v) is 4.61. The van der Waals surface area contributed by atoms with Crippen molar-refractivity contribution in [3.05, 3.63) is 93.5 Å². The molecular formula is C21H15NO5. The number of nitrogens with zero attached hydrogens (tertiary/aromatic N) is 1. The van der Waals surface area contributed by atoms with E-state index in [4.69, 9.17) is 9.47 Å². The smallest absolute Gasteiger partial charge is 0.339 e. The van der Waals surface area contributed by atoms with Crippen LogP contribution in [0.15, 0.2) is 66.7 Å². The molecule has 0 saturated carbocycles. The summed E-state index contributed by atoms with van der Waals surface area (Å²) in [6, 6.07) is 19.5. The van der Waals surface area contributed by atoms with E-state index in [0.29, 0.717) is 0 Å². The summed E-state index contributed by atoms with van der Waals surface area (Å²) in [6.07, 6.45) is -0.550. The molecule has 0 radical (unpaired) electrons. The van der Waals surface area contributed by atoms with Gasteiger partial charge in [0.1, 0.15) is 0 Å². The third kappa shape index (κ3) is 2.81. The zero-order valence-corrected chi connectivity index (χ0v) is 14.4. The van der Waals surface area contributed by atoms with Gasteiger partial charge in [0.25, 0.3) is 0 Å². The minimum Gasteiger partial charge on any atom is -0.490 e. The van der Waals surface area contributed by atoms with E-state index >= 15 is 0 Å². The Kier molecular flexibility index (Phi) is 4.08. The lowest BCUT2D eigenvalue weighted by atomic mass is 10.1. The predicted molar refractivity (Wildman–Crippen MR) is 98.8 cm³/mol. The number of esters is 1. The molecule has 0 saturated heterocycles. The average Bonchev–Trinajstić information content (AvgIpc) is 3.01. The Morgan fingerprint density at radius 1 is 0.963 bits per heavy atom. The molecule has 0 N–H and O–H groups in total. The van der Waals surface area contributed by atoms with E-state index in [9.17, 15) is 14.9 Å². The van der Waals surface area contributed by atoms with Crippen molar-refractivity contribution >= 4 is 11.7 Å². The van der Waals surface area contributed by atoms with Crippen molar-refractivity contribution in [3.8, 4) is 16.9 Å². The van der Waals surface area contributed by atoms with Gasteiger partial charge in [0, 0.05) is 17.2 Å². The molecule has 0 atom stereocenters. The van der Waals surface area contributed by atoms with Gasteiger partial charge in [-0.15, -0.1) is 0 Å². The molecular weight excluding hydrogens is 346 g/mol. The number of nitro groups is 1. The van der Waals surface area contributed by atoms with E-state index < -0.39 is 17.0 Å². The van der Waals surface area contributed by atoms with Gasteiger partial charge in [0.15, 0.2) is 11.9 Å². The first-order valence-corrected chi connectivity index (χ1v) is 8.32. The number of hydrogen-bond acceptors (Lipinski definition) is 5. The predicted octanol–water partition coefficient (Wildman–Crippen LogP) is 4.53. The Labute approximate surface area is 155 Å². The van der Waals surface area contributed by atoms with Crippen LogP contribution in [0.5, 0.6) is 5.75 Å². The van der Waals surface area contributed by atoms with E-state index in [0.717, 1.165) is 22.3 Å². The number of fused-ring (bicyclic) bond motifs is 3. The molecule has 4 rings (SSSR count). The third-order valence-electron chi connectivity index (χ3n) is 4.61. The topological polar surface area (TPSA) is 78.7 Å². The summed E-state index contributed by atoms with van der Waals surface area (Å²) in [5.41, 5.74) is 3.66. The SMILES string of the molecule is COc1ccc(C(=O)OC2c3ccccc3-c3ccccc32)cc1[N+](=O)[O-]. The van der Waals surface area contributed by atoms with Gasteiger partial charge in [0.05, 0.1) is 17.6 Å². The number of benzene rings is 3. The normalized spacial score (nSPS) is 12.2. The van der Waals surface area contributed by atoms with E-state index in [1.807, 2.05) is 48.5 Å². The maximum atomic E-state index is 12.7. The molecule has 3 aromatic carbocycles. The summed E-state index contributed by atoms with van der Waals surface area (Å²) < 4.78 is 10.7. The van der Waals surface area contributed by atoms with Crippen LogP contribution in [0.2, 0.25) is 0 Å². The van der Waals surface area contributed by atoms with Gasteiger partial charge in [-0.1, -0.05) is 48.5 Å². The summed E-state index contributed by atoms with van der Waals surface area (Å²) in [5.74, 6) is -0.537. The van der Waals surface area contributed by atoms with Crippen molar-refractivity contribution in [1.29, 1.82) is 0 Å².